The van der Waals surface area contributed by atoms with Crippen LogP contribution in [-0.4, -0.2) is 34.4 Å². The van der Waals surface area contributed by atoms with Gasteiger partial charge in [0.05, 0.1) is 19.8 Å². The van der Waals surface area contributed by atoms with E-state index in [2.05, 4.69) is 27.1 Å². The van der Waals surface area contributed by atoms with Gasteiger partial charge in [-0.3, -0.25) is 0 Å². The Morgan fingerprint density at radius 3 is 2.62 bits per heavy atom. The number of aromatic nitrogens is 4. The second-order valence-electron chi connectivity index (χ2n) is 5.07. The first-order valence-corrected chi connectivity index (χ1v) is 7.00. The number of ether oxygens (including phenoxy) is 2. The van der Waals surface area contributed by atoms with Crippen LogP contribution >= 0.6 is 11.6 Å². The molecule has 0 amide bonds. The Hall–Kier alpha value is -1.95. The topological polar surface area (TPSA) is 70.0 Å². The van der Waals surface area contributed by atoms with Crippen LogP contribution in [0.25, 0.3) is 11.3 Å². The van der Waals surface area contributed by atoms with E-state index >= 15 is 0 Å². The van der Waals surface area contributed by atoms with Gasteiger partial charge >= 0.3 is 6.01 Å². The molecule has 2 atom stereocenters. The van der Waals surface area contributed by atoms with Gasteiger partial charge < -0.3 is 9.47 Å². The van der Waals surface area contributed by atoms with Crippen LogP contribution in [0.5, 0.6) is 11.9 Å². The molecule has 110 valence electrons. The molecule has 2 aromatic rings. The molecular weight excluding hydrogens is 292 g/mol. The predicted octanol–water partition coefficient (Wildman–Crippen LogP) is 2.73. The summed E-state index contributed by atoms with van der Waals surface area (Å²) in [4.78, 5) is 8.25. The molecule has 1 aliphatic carbocycles. The molecule has 0 spiro atoms. The van der Waals surface area contributed by atoms with Crippen LogP contribution in [0.1, 0.15) is 24.8 Å². The van der Waals surface area contributed by atoms with Gasteiger partial charge in [-0.15, -0.1) is 10.2 Å². The largest absolute Gasteiger partial charge is 0.480 e. The Labute approximate surface area is 127 Å². The maximum Gasteiger partial charge on any atom is 0.319 e. The maximum absolute atomic E-state index is 6.15. The second kappa shape index (κ2) is 5.44. The molecule has 0 N–H and O–H groups in total. The Morgan fingerprint density at radius 2 is 2.00 bits per heavy atom. The zero-order valence-electron chi connectivity index (χ0n) is 12.0. The van der Waals surface area contributed by atoms with Crippen LogP contribution < -0.4 is 9.47 Å². The van der Waals surface area contributed by atoms with E-state index in [1.807, 2.05) is 6.07 Å². The molecule has 0 saturated heterocycles. The van der Waals surface area contributed by atoms with Crippen molar-refractivity contribution in [2.75, 3.05) is 14.2 Å². The minimum absolute atomic E-state index is 0.244. The number of methoxy groups -OCH3 is 2. The van der Waals surface area contributed by atoms with Crippen LogP contribution in [0, 0.1) is 5.92 Å². The standard InChI is InChI=1S/C14H15ClN4O2/c1-7-4-8(7)9-5-11(18-19-12(9)15)10-6-16-14(21-3)17-13(10)20-2/h5-8H,4H2,1-3H3/t7-,8-/m0/s1. The molecule has 0 unspecified atom stereocenters. The van der Waals surface area contributed by atoms with E-state index < -0.39 is 0 Å². The fraction of sp³-hybridized carbons (Fsp3) is 0.429. The molecule has 7 heteroatoms. The van der Waals surface area contributed by atoms with Gasteiger partial charge in [-0.25, -0.2) is 4.98 Å². The smallest absolute Gasteiger partial charge is 0.319 e. The summed E-state index contributed by atoms with van der Waals surface area (Å²) in [5, 5.41) is 8.63. The first kappa shape index (κ1) is 14.0. The molecule has 21 heavy (non-hydrogen) atoms. The van der Waals surface area contributed by atoms with Crippen molar-refractivity contribution in [3.05, 3.63) is 23.0 Å². The minimum atomic E-state index is 0.244. The predicted molar refractivity (Wildman–Crippen MR) is 77.7 cm³/mol. The molecule has 0 aromatic carbocycles. The Morgan fingerprint density at radius 1 is 1.24 bits per heavy atom. The number of halogens is 1. The van der Waals surface area contributed by atoms with Crippen molar-refractivity contribution < 1.29 is 9.47 Å². The summed E-state index contributed by atoms with van der Waals surface area (Å²) in [6.07, 6.45) is 2.74. The number of rotatable bonds is 4. The van der Waals surface area contributed by atoms with E-state index in [0.717, 1.165) is 12.0 Å². The van der Waals surface area contributed by atoms with E-state index in [9.17, 15) is 0 Å². The minimum Gasteiger partial charge on any atom is -0.480 e. The van der Waals surface area contributed by atoms with Gasteiger partial charge in [0.25, 0.3) is 0 Å². The first-order valence-electron chi connectivity index (χ1n) is 6.62. The fourth-order valence-electron chi connectivity index (χ4n) is 2.32. The second-order valence-corrected chi connectivity index (χ2v) is 5.43. The van der Waals surface area contributed by atoms with E-state index in [4.69, 9.17) is 21.1 Å². The summed E-state index contributed by atoms with van der Waals surface area (Å²) in [6, 6.07) is 2.19. The van der Waals surface area contributed by atoms with Gasteiger partial charge in [0.2, 0.25) is 5.88 Å². The van der Waals surface area contributed by atoms with Gasteiger partial charge in [0, 0.05) is 6.20 Å². The molecule has 1 saturated carbocycles. The van der Waals surface area contributed by atoms with Crippen LogP contribution in [0.2, 0.25) is 5.15 Å². The van der Waals surface area contributed by atoms with Crippen molar-refractivity contribution in [3.63, 3.8) is 0 Å². The van der Waals surface area contributed by atoms with Gasteiger partial charge in [0.15, 0.2) is 5.15 Å². The van der Waals surface area contributed by atoms with Crippen LogP contribution in [0.4, 0.5) is 0 Å². The van der Waals surface area contributed by atoms with Crippen LogP contribution in [0.3, 0.4) is 0 Å². The van der Waals surface area contributed by atoms with Gasteiger partial charge in [-0.1, -0.05) is 18.5 Å². The molecule has 1 fully saturated rings. The summed E-state index contributed by atoms with van der Waals surface area (Å²) < 4.78 is 10.3. The maximum atomic E-state index is 6.15. The van der Waals surface area contributed by atoms with E-state index in [1.165, 1.54) is 7.11 Å². The molecule has 0 aliphatic heterocycles. The van der Waals surface area contributed by atoms with Crippen molar-refractivity contribution in [1.29, 1.82) is 0 Å². The molecule has 2 aromatic heterocycles. The zero-order valence-corrected chi connectivity index (χ0v) is 12.8. The molecule has 1 aliphatic rings. The highest BCUT2D eigenvalue weighted by Gasteiger charge is 2.36. The number of nitrogens with zero attached hydrogens (tertiary/aromatic N) is 4. The van der Waals surface area contributed by atoms with E-state index in [1.54, 1.807) is 13.3 Å². The fourth-order valence-corrected chi connectivity index (χ4v) is 2.55. The quantitative estimate of drug-likeness (QED) is 0.865. The average Bonchev–Trinajstić information content (AvgIpc) is 3.24. The number of hydrogen-bond donors (Lipinski definition) is 0. The lowest BCUT2D eigenvalue weighted by atomic mass is 10.1. The van der Waals surface area contributed by atoms with Crippen molar-refractivity contribution in [3.8, 4) is 23.1 Å². The molecule has 6 nitrogen and oxygen atoms in total. The Balaban J connectivity index is 2.04. The van der Waals surface area contributed by atoms with Crippen molar-refractivity contribution >= 4 is 11.6 Å². The van der Waals surface area contributed by atoms with Gasteiger partial charge in [-0.2, -0.15) is 4.98 Å². The van der Waals surface area contributed by atoms with Crippen molar-refractivity contribution in [2.45, 2.75) is 19.3 Å². The summed E-state index contributed by atoms with van der Waals surface area (Å²) >= 11 is 6.15. The van der Waals surface area contributed by atoms with Crippen LogP contribution in [-0.2, 0) is 0 Å². The third-order valence-electron chi connectivity index (χ3n) is 3.67. The number of hydrogen-bond acceptors (Lipinski definition) is 6. The molecule has 0 bridgehead atoms. The Bertz CT molecular complexity index is 680. The van der Waals surface area contributed by atoms with E-state index in [0.29, 0.717) is 34.1 Å². The van der Waals surface area contributed by atoms with Crippen molar-refractivity contribution in [2.24, 2.45) is 5.92 Å². The summed E-state index contributed by atoms with van der Waals surface area (Å²) in [5.74, 6) is 1.48. The van der Waals surface area contributed by atoms with Crippen LogP contribution in [0.15, 0.2) is 12.3 Å². The first-order chi connectivity index (χ1) is 10.1. The third kappa shape index (κ3) is 2.63. The molecule has 2 heterocycles. The lowest BCUT2D eigenvalue weighted by molar-refractivity contribution is 0.353. The monoisotopic (exact) mass is 306 g/mol. The highest BCUT2D eigenvalue weighted by atomic mass is 35.5. The molecule has 0 radical (unpaired) electrons. The average molecular weight is 307 g/mol. The van der Waals surface area contributed by atoms with E-state index in [-0.39, 0.29) is 6.01 Å². The Kier molecular flexibility index (Phi) is 3.63. The highest BCUT2D eigenvalue weighted by Crippen LogP contribution is 2.49. The van der Waals surface area contributed by atoms with Gasteiger partial charge in [-0.05, 0) is 29.9 Å². The SMILES string of the molecule is COc1ncc(-c2cc([C@H]3C[C@@H]3C)c(Cl)nn2)c(OC)n1. The summed E-state index contributed by atoms with van der Waals surface area (Å²) in [6.45, 7) is 2.19. The van der Waals surface area contributed by atoms with Crippen molar-refractivity contribution in [1.82, 2.24) is 20.2 Å². The zero-order chi connectivity index (χ0) is 15.0. The van der Waals surface area contributed by atoms with Gasteiger partial charge in [0.1, 0.15) is 5.69 Å². The summed E-state index contributed by atoms with van der Waals surface area (Å²) in [7, 11) is 3.04. The lowest BCUT2D eigenvalue weighted by Crippen LogP contribution is -2.00. The third-order valence-corrected chi connectivity index (χ3v) is 3.96. The molecule has 3 rings (SSSR count). The normalized spacial score (nSPS) is 20.2. The highest BCUT2D eigenvalue weighted by molar-refractivity contribution is 6.30. The summed E-state index contributed by atoms with van der Waals surface area (Å²) in [5.41, 5.74) is 2.33. The lowest BCUT2D eigenvalue weighted by Gasteiger charge is -2.09. The molecular formula is C14H15ClN4O2.